The van der Waals surface area contributed by atoms with Gasteiger partial charge >= 0.3 is 0 Å². The number of sulfonamides is 1. The highest BCUT2D eigenvalue weighted by molar-refractivity contribution is 7.92. The molecule has 9 nitrogen and oxygen atoms in total. The zero-order valence-corrected chi connectivity index (χ0v) is 28.1. The SMILES string of the molecule is CNC(=O)[C@@H](Cc1ccccc1)N(Cc1ccccc1Cl)C(=O)CN(c1cc(C)cc(C)c1)S(=O)(=O)c1ccc(OC)c(OC)c1. The van der Waals surface area contributed by atoms with E-state index < -0.39 is 34.4 Å². The predicted molar refractivity (Wildman–Crippen MR) is 180 cm³/mol. The van der Waals surface area contributed by atoms with Gasteiger partial charge in [0.25, 0.3) is 10.0 Å². The van der Waals surface area contributed by atoms with Gasteiger partial charge in [0.1, 0.15) is 12.6 Å². The minimum atomic E-state index is -4.34. The molecule has 0 fully saturated rings. The van der Waals surface area contributed by atoms with Gasteiger partial charge in [-0.3, -0.25) is 13.9 Å². The minimum absolute atomic E-state index is 0.0273. The van der Waals surface area contributed by atoms with E-state index in [0.717, 1.165) is 21.0 Å². The molecule has 4 aromatic carbocycles. The van der Waals surface area contributed by atoms with E-state index in [1.165, 1.54) is 44.4 Å². The molecule has 242 valence electrons. The third-order valence-electron chi connectivity index (χ3n) is 7.53. The van der Waals surface area contributed by atoms with Crippen LogP contribution in [0.3, 0.4) is 0 Å². The fraction of sp³-hybridized carbons (Fsp3) is 0.257. The average molecular weight is 664 g/mol. The molecule has 0 saturated carbocycles. The predicted octanol–water partition coefficient (Wildman–Crippen LogP) is 5.56. The Morgan fingerprint density at radius 2 is 1.48 bits per heavy atom. The number of halogens is 1. The van der Waals surface area contributed by atoms with Crippen molar-refractivity contribution in [2.24, 2.45) is 0 Å². The molecule has 0 unspecified atom stereocenters. The number of amides is 2. The summed E-state index contributed by atoms with van der Waals surface area (Å²) in [7, 11) is 0.0314. The lowest BCUT2D eigenvalue weighted by Crippen LogP contribution is -2.53. The summed E-state index contributed by atoms with van der Waals surface area (Å²) in [4.78, 5) is 29.3. The van der Waals surface area contributed by atoms with Crippen molar-refractivity contribution in [2.45, 2.75) is 37.8 Å². The van der Waals surface area contributed by atoms with Crippen molar-refractivity contribution in [3.8, 4) is 11.5 Å². The summed E-state index contributed by atoms with van der Waals surface area (Å²) in [6.45, 7) is 3.09. The molecule has 0 aromatic heterocycles. The molecular weight excluding hydrogens is 626 g/mol. The van der Waals surface area contributed by atoms with Crippen molar-refractivity contribution in [3.63, 3.8) is 0 Å². The maximum Gasteiger partial charge on any atom is 0.264 e. The number of aryl methyl sites for hydroxylation is 2. The van der Waals surface area contributed by atoms with Crippen LogP contribution in [0, 0.1) is 13.8 Å². The van der Waals surface area contributed by atoms with Crippen molar-refractivity contribution >= 4 is 39.1 Å². The third kappa shape index (κ3) is 7.99. The van der Waals surface area contributed by atoms with Gasteiger partial charge in [0.05, 0.1) is 24.8 Å². The smallest absolute Gasteiger partial charge is 0.264 e. The normalized spacial score (nSPS) is 11.8. The van der Waals surface area contributed by atoms with Gasteiger partial charge in [0.15, 0.2) is 11.5 Å². The number of carbonyl (C=O) groups excluding carboxylic acids is 2. The van der Waals surface area contributed by atoms with Gasteiger partial charge in [-0.2, -0.15) is 0 Å². The van der Waals surface area contributed by atoms with E-state index in [1.54, 1.807) is 36.4 Å². The zero-order chi connectivity index (χ0) is 33.4. The van der Waals surface area contributed by atoms with E-state index in [4.69, 9.17) is 21.1 Å². The highest BCUT2D eigenvalue weighted by Gasteiger charge is 2.35. The second-order valence-corrected chi connectivity index (χ2v) is 13.1. The quantitative estimate of drug-likeness (QED) is 0.201. The van der Waals surface area contributed by atoms with Crippen LogP contribution in [0.5, 0.6) is 11.5 Å². The van der Waals surface area contributed by atoms with Crippen LogP contribution in [0.15, 0.2) is 95.9 Å². The molecule has 0 aliphatic rings. The Bertz CT molecular complexity index is 1780. The maximum absolute atomic E-state index is 14.5. The van der Waals surface area contributed by atoms with Gasteiger partial charge in [-0.15, -0.1) is 0 Å². The van der Waals surface area contributed by atoms with Gasteiger partial charge in [0, 0.05) is 31.1 Å². The number of nitrogens with zero attached hydrogens (tertiary/aromatic N) is 2. The first kappa shape index (κ1) is 34.3. The monoisotopic (exact) mass is 663 g/mol. The number of carbonyl (C=O) groups is 2. The summed E-state index contributed by atoms with van der Waals surface area (Å²) in [5.41, 5.74) is 3.38. The van der Waals surface area contributed by atoms with Gasteiger partial charge in [-0.05, 0) is 66.4 Å². The van der Waals surface area contributed by atoms with Crippen molar-refractivity contribution in [1.82, 2.24) is 10.2 Å². The number of ether oxygens (including phenoxy) is 2. The van der Waals surface area contributed by atoms with Crippen LogP contribution in [0.2, 0.25) is 5.02 Å². The van der Waals surface area contributed by atoms with Gasteiger partial charge in [-0.25, -0.2) is 8.42 Å². The second kappa shape index (κ2) is 15.2. The maximum atomic E-state index is 14.5. The van der Waals surface area contributed by atoms with Gasteiger partial charge < -0.3 is 19.7 Å². The first-order valence-corrected chi connectivity index (χ1v) is 16.4. The number of nitrogens with one attached hydrogen (secondary N) is 1. The van der Waals surface area contributed by atoms with Crippen LogP contribution in [-0.4, -0.2) is 59.0 Å². The molecule has 0 spiro atoms. The zero-order valence-electron chi connectivity index (χ0n) is 26.5. The van der Waals surface area contributed by atoms with Crippen LogP contribution in [0.4, 0.5) is 5.69 Å². The Morgan fingerprint density at radius 3 is 2.09 bits per heavy atom. The van der Waals surface area contributed by atoms with Crippen molar-refractivity contribution in [1.29, 1.82) is 0 Å². The standard InChI is InChI=1S/C35H38ClN3O6S/c1-24-17-25(2)19-28(18-24)39(46(42,43)29-15-16-32(44-4)33(21-29)45-5)23-34(40)38(22-27-13-9-10-14-30(27)36)31(35(41)37-3)20-26-11-7-6-8-12-26/h6-19,21,31H,20,22-23H2,1-5H3,(H,37,41)/t31-/m1/s1. The first-order valence-electron chi connectivity index (χ1n) is 14.6. The molecule has 46 heavy (non-hydrogen) atoms. The van der Waals surface area contributed by atoms with Crippen LogP contribution in [0.1, 0.15) is 22.3 Å². The molecule has 0 aliphatic heterocycles. The molecular formula is C35H38ClN3O6S. The topological polar surface area (TPSA) is 105 Å². The molecule has 0 heterocycles. The van der Waals surface area contributed by atoms with E-state index in [-0.39, 0.29) is 23.6 Å². The molecule has 1 atom stereocenters. The molecule has 4 aromatic rings. The van der Waals surface area contributed by atoms with Gasteiger partial charge in [0.2, 0.25) is 11.8 Å². The molecule has 1 N–H and O–H groups in total. The molecule has 0 radical (unpaired) electrons. The van der Waals surface area contributed by atoms with Crippen molar-refractivity contribution in [2.75, 3.05) is 32.1 Å². The van der Waals surface area contributed by atoms with Crippen molar-refractivity contribution < 1.29 is 27.5 Å². The number of likely N-dealkylation sites (N-methyl/N-ethyl adjacent to an activating group) is 1. The Kier molecular flexibility index (Phi) is 11.3. The summed E-state index contributed by atoms with van der Waals surface area (Å²) in [6, 6.07) is 25.0. The van der Waals surface area contributed by atoms with Crippen molar-refractivity contribution in [3.05, 3.63) is 118 Å². The van der Waals surface area contributed by atoms with E-state index >= 15 is 0 Å². The van der Waals surface area contributed by atoms with Crippen LogP contribution in [-0.2, 0) is 32.6 Å². The molecule has 4 rings (SSSR count). The van der Waals surface area contributed by atoms with E-state index in [0.29, 0.717) is 22.0 Å². The Hall–Kier alpha value is -4.54. The number of hydrogen-bond donors (Lipinski definition) is 1. The van der Waals surface area contributed by atoms with Crippen LogP contribution in [0.25, 0.3) is 0 Å². The lowest BCUT2D eigenvalue weighted by atomic mass is 10.0. The Labute approximate surface area is 275 Å². The highest BCUT2D eigenvalue weighted by Crippen LogP contribution is 2.33. The minimum Gasteiger partial charge on any atom is -0.493 e. The number of methoxy groups -OCH3 is 2. The summed E-state index contributed by atoms with van der Waals surface area (Å²) < 4.78 is 40.6. The van der Waals surface area contributed by atoms with E-state index in [2.05, 4.69) is 5.32 Å². The van der Waals surface area contributed by atoms with Crippen LogP contribution < -0.4 is 19.1 Å². The van der Waals surface area contributed by atoms with Gasteiger partial charge in [-0.1, -0.05) is 66.2 Å². The molecule has 2 amide bonds. The van der Waals surface area contributed by atoms with E-state index in [9.17, 15) is 18.0 Å². The molecule has 0 bridgehead atoms. The molecule has 0 aliphatic carbocycles. The number of anilines is 1. The average Bonchev–Trinajstić information content (AvgIpc) is 3.05. The summed E-state index contributed by atoms with van der Waals surface area (Å²) in [6.07, 6.45) is 0.197. The molecule has 11 heteroatoms. The number of benzene rings is 4. The molecule has 0 saturated heterocycles. The largest absolute Gasteiger partial charge is 0.493 e. The summed E-state index contributed by atoms with van der Waals surface area (Å²) >= 11 is 6.53. The fourth-order valence-corrected chi connectivity index (χ4v) is 6.87. The second-order valence-electron chi connectivity index (χ2n) is 10.8. The lowest BCUT2D eigenvalue weighted by Gasteiger charge is -2.34. The van der Waals surface area contributed by atoms with E-state index in [1.807, 2.05) is 50.2 Å². The summed E-state index contributed by atoms with van der Waals surface area (Å²) in [5.74, 6) is -0.411. The third-order valence-corrected chi connectivity index (χ3v) is 9.67. The summed E-state index contributed by atoms with van der Waals surface area (Å²) in [5, 5.41) is 3.09. The highest BCUT2D eigenvalue weighted by atomic mass is 35.5. The Morgan fingerprint density at radius 1 is 0.848 bits per heavy atom. The lowest BCUT2D eigenvalue weighted by molar-refractivity contribution is -0.139. The number of rotatable bonds is 13. The van der Waals surface area contributed by atoms with Crippen LogP contribution >= 0.6 is 11.6 Å². The fourth-order valence-electron chi connectivity index (χ4n) is 5.26. The number of hydrogen-bond acceptors (Lipinski definition) is 6. The first-order chi connectivity index (χ1) is 22.0. The Balaban J connectivity index is 1.85.